The van der Waals surface area contributed by atoms with Crippen LogP contribution in [0.15, 0.2) is 195 Å². The first-order chi connectivity index (χ1) is 41.8. The summed E-state index contributed by atoms with van der Waals surface area (Å²) < 4.78 is 62.9. The first kappa shape index (κ1) is 59.2. The van der Waals surface area contributed by atoms with E-state index in [9.17, 15) is 0 Å². The Hall–Kier alpha value is -9.49. The molecule has 0 aromatic heterocycles. The van der Waals surface area contributed by atoms with Crippen LogP contribution < -0.4 is 38.2 Å². The molecular weight excluding hydrogens is 1100 g/mol. The second-order valence-corrected chi connectivity index (χ2v) is 25.8. The van der Waals surface area contributed by atoms with Crippen LogP contribution in [0.4, 0.5) is 0 Å². The average Bonchev–Trinajstić information content (AvgIpc) is 0.729. The predicted molar refractivity (Wildman–Crippen MR) is 354 cm³/mol. The Morgan fingerprint density at radius 3 is 1.16 bits per heavy atom. The lowest BCUT2D eigenvalue weighted by molar-refractivity contribution is 0.301. The van der Waals surface area contributed by atoms with Crippen LogP contribution in [0.3, 0.4) is 0 Å². The predicted octanol–water partition coefficient (Wildman–Crippen LogP) is 21.3. The Morgan fingerprint density at radius 1 is 0.391 bits per heavy atom. The number of para-hydroxylation sites is 1. The lowest BCUT2D eigenvalue weighted by Crippen LogP contribution is -2.34. The first-order valence-electron chi connectivity index (χ1n) is 29.4. The van der Waals surface area contributed by atoms with E-state index in [0.717, 1.165) is 135 Å². The third-order valence-corrected chi connectivity index (χ3v) is 19.7. The summed E-state index contributed by atoms with van der Waals surface area (Å²) in [6.45, 7) is 31.0. The van der Waals surface area contributed by atoms with Gasteiger partial charge in [0.05, 0.1) is 5.30 Å². The van der Waals surface area contributed by atoms with Gasteiger partial charge in [-0.3, -0.25) is 4.57 Å². The summed E-state index contributed by atoms with van der Waals surface area (Å²) >= 11 is 0. The van der Waals surface area contributed by atoms with Crippen molar-refractivity contribution in [3.63, 3.8) is 0 Å². The number of ether oxygens (including phenoxy) is 6. The Balaban J connectivity index is 0.849. The molecule has 10 aromatic rings. The van der Waals surface area contributed by atoms with Gasteiger partial charge in [-0.1, -0.05) is 135 Å². The van der Waals surface area contributed by atoms with Crippen molar-refractivity contribution >= 4 is 24.8 Å². The quantitative estimate of drug-likeness (QED) is 0.0741. The summed E-state index contributed by atoms with van der Waals surface area (Å²) in [6.07, 6.45) is 3.67. The maximum absolute atomic E-state index is 16.7. The zero-order chi connectivity index (χ0) is 61.3. The van der Waals surface area contributed by atoms with Gasteiger partial charge in [0.2, 0.25) is 0 Å². The van der Waals surface area contributed by atoms with Crippen LogP contribution in [0, 0.1) is 69.2 Å². The van der Waals surface area contributed by atoms with Crippen molar-refractivity contribution in [2.45, 2.75) is 94.5 Å². The number of rotatable bonds is 19. The SMILES string of the molecule is C=Cc1ccc(COc2c(C)cc(Oc3c(C)cc(Oc4ccc(C(C)(c5cc(C)c(Oc6cc(C)c(Oc7cc(C)c(OCc8ccc(C=C)cc8)c(C)c7)c(C)c6)c(C)c5)P5(=O)Oc6ccccc6-c6ccccc65)cc4)cc3C)cc2C)cc1. The number of benzene rings is 10. The summed E-state index contributed by atoms with van der Waals surface area (Å²) in [4.78, 5) is 0. The molecule has 87 heavy (non-hydrogen) atoms. The molecule has 0 radical (unpaired) electrons. The highest BCUT2D eigenvalue weighted by atomic mass is 31.2. The number of aryl methyl sites for hydroxylation is 10. The molecule has 0 saturated carbocycles. The van der Waals surface area contributed by atoms with Crippen molar-refractivity contribution in [2.24, 2.45) is 0 Å². The van der Waals surface area contributed by atoms with Gasteiger partial charge in [0.1, 0.15) is 81.6 Å². The molecule has 1 aliphatic rings. The van der Waals surface area contributed by atoms with Crippen molar-refractivity contribution < 1.29 is 37.5 Å². The van der Waals surface area contributed by atoms with Crippen molar-refractivity contribution in [1.82, 2.24) is 0 Å². The molecule has 11 rings (SSSR count). The van der Waals surface area contributed by atoms with Crippen LogP contribution in [0.5, 0.6) is 63.2 Å². The van der Waals surface area contributed by atoms with Crippen LogP contribution >= 0.6 is 7.37 Å². The van der Waals surface area contributed by atoms with E-state index in [4.69, 9.17) is 32.9 Å². The third-order valence-electron chi connectivity index (χ3n) is 16.5. The molecule has 8 nitrogen and oxygen atoms in total. The van der Waals surface area contributed by atoms with Crippen LogP contribution in [0.1, 0.15) is 95.9 Å². The van der Waals surface area contributed by atoms with Crippen molar-refractivity contribution in [2.75, 3.05) is 0 Å². The maximum Gasteiger partial charge on any atom is 0.292 e. The Morgan fingerprint density at radius 2 is 0.747 bits per heavy atom. The van der Waals surface area contributed by atoms with E-state index in [1.165, 1.54) is 0 Å². The van der Waals surface area contributed by atoms with Gasteiger partial charge < -0.3 is 32.9 Å². The molecule has 0 bridgehead atoms. The van der Waals surface area contributed by atoms with Gasteiger partial charge in [0.15, 0.2) is 0 Å². The van der Waals surface area contributed by atoms with Crippen LogP contribution in [-0.2, 0) is 22.9 Å². The molecule has 1 aliphatic heterocycles. The zero-order valence-electron chi connectivity index (χ0n) is 51.5. The van der Waals surface area contributed by atoms with E-state index in [2.05, 4.69) is 49.6 Å². The van der Waals surface area contributed by atoms with E-state index in [1.807, 2.05) is 234 Å². The van der Waals surface area contributed by atoms with Gasteiger partial charge in [-0.05, 0) is 244 Å². The van der Waals surface area contributed by atoms with E-state index >= 15 is 4.57 Å². The molecule has 0 spiro atoms. The summed E-state index contributed by atoms with van der Waals surface area (Å²) in [5.74, 6) is 7.91. The monoisotopic (exact) mass is 1170 g/mol. The van der Waals surface area contributed by atoms with Crippen molar-refractivity contribution in [3.05, 3.63) is 284 Å². The molecule has 2 unspecified atom stereocenters. The average molecular weight is 1170 g/mol. The van der Waals surface area contributed by atoms with Crippen LogP contribution in [0.25, 0.3) is 23.3 Å². The maximum atomic E-state index is 16.7. The Kier molecular flexibility index (Phi) is 16.7. The molecule has 0 fully saturated rings. The minimum absolute atomic E-state index is 0.459. The highest BCUT2D eigenvalue weighted by molar-refractivity contribution is 7.69. The van der Waals surface area contributed by atoms with Gasteiger partial charge in [-0.2, -0.15) is 0 Å². The smallest absolute Gasteiger partial charge is 0.292 e. The Bertz CT molecular complexity index is 4210. The topological polar surface area (TPSA) is 81.7 Å². The molecule has 2 atom stereocenters. The number of hydrogen-bond acceptors (Lipinski definition) is 8. The van der Waals surface area contributed by atoms with E-state index < -0.39 is 12.5 Å². The largest absolute Gasteiger partial charge is 0.488 e. The summed E-state index contributed by atoms with van der Waals surface area (Å²) in [7, 11) is -3.89. The number of fused-ring (bicyclic) bond motifs is 3. The van der Waals surface area contributed by atoms with Crippen LogP contribution in [0.2, 0.25) is 0 Å². The second-order valence-electron chi connectivity index (χ2n) is 23.1. The molecule has 9 heteroatoms. The molecule has 0 N–H and O–H groups in total. The fourth-order valence-electron chi connectivity index (χ4n) is 11.9. The van der Waals surface area contributed by atoms with Gasteiger partial charge >= 0.3 is 0 Å². The molecule has 0 amide bonds. The molecule has 438 valence electrons. The standard InChI is InChI=1S/C78H73O8P/c1-14-58-24-28-60(29-25-58)46-80-73-50(5)38-66(39-51(73)6)84-76-54(9)42-65(43-55(76)10)82-64-34-32-62(33-35-64)78(13,87(79)72-23-19-17-21-70(72)69-20-16-18-22-71(69)86-87)63-36-48(3)75(49(4)37-63)83-68-44-56(11)77(57(12)45-68)85-67-40-52(7)74(53(8)41-67)81-47-61-30-26-59(15-2)27-31-61/h14-45H,1-2,46-47H2,3-13H3. The van der Waals surface area contributed by atoms with Gasteiger partial charge in [-0.15, -0.1) is 0 Å². The number of hydrogen-bond donors (Lipinski definition) is 0. The van der Waals surface area contributed by atoms with E-state index in [1.54, 1.807) is 0 Å². The summed E-state index contributed by atoms with van der Waals surface area (Å²) in [5, 5.41) is -0.552. The van der Waals surface area contributed by atoms with Gasteiger partial charge in [0, 0.05) is 5.56 Å². The molecule has 10 aromatic carbocycles. The molecule has 0 aliphatic carbocycles. The zero-order valence-corrected chi connectivity index (χ0v) is 52.4. The fraction of sp³-hybridized carbons (Fsp3) is 0.179. The normalized spacial score (nSPS) is 13.9. The van der Waals surface area contributed by atoms with Crippen LogP contribution in [-0.4, -0.2) is 0 Å². The Labute approximate surface area is 512 Å². The van der Waals surface area contributed by atoms with E-state index in [0.29, 0.717) is 47.3 Å². The molecule has 0 saturated heterocycles. The first-order valence-corrected chi connectivity index (χ1v) is 31.0. The fourth-order valence-corrected chi connectivity index (χ4v) is 14.9. The lowest BCUT2D eigenvalue weighted by Gasteiger charge is -2.42. The minimum atomic E-state index is -3.89. The van der Waals surface area contributed by atoms with Crippen molar-refractivity contribution in [1.29, 1.82) is 0 Å². The minimum Gasteiger partial charge on any atom is -0.488 e. The van der Waals surface area contributed by atoms with E-state index in [-0.39, 0.29) is 0 Å². The highest BCUT2D eigenvalue weighted by Gasteiger charge is 2.54. The highest BCUT2D eigenvalue weighted by Crippen LogP contribution is 2.69. The van der Waals surface area contributed by atoms with Gasteiger partial charge in [-0.25, -0.2) is 0 Å². The van der Waals surface area contributed by atoms with Crippen molar-refractivity contribution in [3.8, 4) is 74.4 Å². The summed E-state index contributed by atoms with van der Waals surface area (Å²) in [5.41, 5.74) is 17.1. The molecular formula is C78H73O8P. The third kappa shape index (κ3) is 12.0. The van der Waals surface area contributed by atoms with Gasteiger partial charge in [0.25, 0.3) is 7.37 Å². The lowest BCUT2D eigenvalue weighted by atomic mass is 9.89. The second kappa shape index (κ2) is 24.5. The molecule has 1 heterocycles. The summed E-state index contributed by atoms with van der Waals surface area (Å²) in [6, 6.07) is 60.3.